The van der Waals surface area contributed by atoms with Gasteiger partial charge in [0.05, 0.1) is 6.07 Å². The molecule has 0 saturated carbocycles. The molecular weight excluding hydrogens is 204 g/mol. The standard InChI is InChI=1S/C11H18N4O/c12-9-10-1-4-14(5-2-10)7-8-15-6-3-13-11(15)16/h10H,1-8H2,(H,13,16). The van der Waals surface area contributed by atoms with E-state index in [4.69, 9.17) is 5.26 Å². The van der Waals surface area contributed by atoms with Crippen LogP contribution in [0.1, 0.15) is 12.8 Å². The van der Waals surface area contributed by atoms with Crippen molar-refractivity contribution >= 4 is 6.03 Å². The van der Waals surface area contributed by atoms with Crippen molar-refractivity contribution in [3.05, 3.63) is 0 Å². The van der Waals surface area contributed by atoms with Gasteiger partial charge in [0.2, 0.25) is 0 Å². The summed E-state index contributed by atoms with van der Waals surface area (Å²) >= 11 is 0. The van der Waals surface area contributed by atoms with Gasteiger partial charge in [-0.05, 0) is 25.9 Å². The molecule has 0 atom stereocenters. The van der Waals surface area contributed by atoms with Gasteiger partial charge in [-0.1, -0.05) is 0 Å². The third-order valence-electron chi connectivity index (χ3n) is 3.40. The van der Waals surface area contributed by atoms with Crippen LogP contribution >= 0.6 is 0 Å². The van der Waals surface area contributed by atoms with Crippen molar-refractivity contribution in [1.29, 1.82) is 5.26 Å². The Hall–Kier alpha value is -1.28. The van der Waals surface area contributed by atoms with E-state index in [1.54, 1.807) is 0 Å². The van der Waals surface area contributed by atoms with Crippen LogP contribution in [0.5, 0.6) is 0 Å². The molecule has 0 unspecified atom stereocenters. The Bertz CT molecular complexity index is 291. The molecule has 5 heteroatoms. The first kappa shape index (κ1) is 11.2. The number of carbonyl (C=O) groups is 1. The summed E-state index contributed by atoms with van der Waals surface area (Å²) in [5.41, 5.74) is 0. The zero-order chi connectivity index (χ0) is 11.4. The molecule has 0 aromatic carbocycles. The fraction of sp³-hybridized carbons (Fsp3) is 0.818. The molecule has 0 aromatic heterocycles. The summed E-state index contributed by atoms with van der Waals surface area (Å²) < 4.78 is 0. The van der Waals surface area contributed by atoms with Gasteiger partial charge in [-0.25, -0.2) is 4.79 Å². The lowest BCUT2D eigenvalue weighted by molar-refractivity contribution is 0.177. The summed E-state index contributed by atoms with van der Waals surface area (Å²) in [5.74, 6) is 0.242. The Balaban J connectivity index is 1.67. The summed E-state index contributed by atoms with van der Waals surface area (Å²) in [5, 5.41) is 11.6. The first-order chi connectivity index (χ1) is 7.79. The number of urea groups is 1. The zero-order valence-electron chi connectivity index (χ0n) is 9.48. The Kier molecular flexibility index (Phi) is 3.62. The third-order valence-corrected chi connectivity index (χ3v) is 3.40. The zero-order valence-corrected chi connectivity index (χ0v) is 9.48. The minimum atomic E-state index is 0.0620. The van der Waals surface area contributed by atoms with Gasteiger partial charge in [0.15, 0.2) is 0 Å². The number of amides is 2. The number of nitrogens with one attached hydrogen (secondary N) is 1. The molecule has 5 nitrogen and oxygen atoms in total. The Morgan fingerprint density at radius 2 is 2.06 bits per heavy atom. The van der Waals surface area contributed by atoms with E-state index in [0.29, 0.717) is 0 Å². The fourth-order valence-corrected chi connectivity index (χ4v) is 2.27. The third kappa shape index (κ3) is 2.64. The second-order valence-electron chi connectivity index (χ2n) is 4.46. The SMILES string of the molecule is N#CC1CCN(CCN2CCNC2=O)CC1. The lowest BCUT2D eigenvalue weighted by Gasteiger charge is -2.30. The molecule has 2 saturated heterocycles. The molecule has 0 radical (unpaired) electrons. The molecule has 2 aliphatic heterocycles. The van der Waals surface area contributed by atoms with Crippen molar-refractivity contribution in [3.63, 3.8) is 0 Å². The normalized spacial score (nSPS) is 23.2. The van der Waals surface area contributed by atoms with Gasteiger partial charge < -0.3 is 15.1 Å². The molecule has 0 aromatic rings. The summed E-state index contributed by atoms with van der Waals surface area (Å²) in [4.78, 5) is 15.5. The Morgan fingerprint density at radius 3 is 2.62 bits per heavy atom. The number of rotatable bonds is 3. The van der Waals surface area contributed by atoms with E-state index >= 15 is 0 Å². The maximum absolute atomic E-state index is 11.3. The van der Waals surface area contributed by atoms with Crippen molar-refractivity contribution in [2.75, 3.05) is 39.3 Å². The average Bonchev–Trinajstić information content (AvgIpc) is 2.73. The monoisotopic (exact) mass is 222 g/mol. The van der Waals surface area contributed by atoms with Crippen LogP contribution in [0, 0.1) is 17.2 Å². The molecule has 2 rings (SSSR count). The van der Waals surface area contributed by atoms with E-state index in [9.17, 15) is 4.79 Å². The molecular formula is C11H18N4O. The van der Waals surface area contributed by atoms with Crippen LogP contribution in [0.25, 0.3) is 0 Å². The predicted molar refractivity (Wildman–Crippen MR) is 59.7 cm³/mol. The molecule has 0 aliphatic carbocycles. The fourth-order valence-electron chi connectivity index (χ4n) is 2.27. The van der Waals surface area contributed by atoms with Crippen molar-refractivity contribution < 1.29 is 4.79 Å². The van der Waals surface area contributed by atoms with Gasteiger partial charge in [-0.3, -0.25) is 0 Å². The number of likely N-dealkylation sites (tertiary alicyclic amines) is 1. The molecule has 2 aliphatic rings. The van der Waals surface area contributed by atoms with Crippen LogP contribution < -0.4 is 5.32 Å². The predicted octanol–water partition coefficient (Wildman–Crippen LogP) is 0.247. The molecule has 16 heavy (non-hydrogen) atoms. The smallest absolute Gasteiger partial charge is 0.317 e. The number of hydrogen-bond donors (Lipinski definition) is 1. The van der Waals surface area contributed by atoms with Gasteiger partial charge in [0.1, 0.15) is 0 Å². The van der Waals surface area contributed by atoms with Gasteiger partial charge in [0, 0.05) is 32.1 Å². The van der Waals surface area contributed by atoms with E-state index < -0.39 is 0 Å². The van der Waals surface area contributed by atoms with Crippen molar-refractivity contribution in [2.45, 2.75) is 12.8 Å². The molecule has 0 bridgehead atoms. The maximum Gasteiger partial charge on any atom is 0.317 e. The van der Waals surface area contributed by atoms with Crippen molar-refractivity contribution in [1.82, 2.24) is 15.1 Å². The highest BCUT2D eigenvalue weighted by Gasteiger charge is 2.22. The first-order valence-electron chi connectivity index (χ1n) is 5.94. The topological polar surface area (TPSA) is 59.4 Å². The molecule has 2 heterocycles. The number of nitrogens with zero attached hydrogens (tertiary/aromatic N) is 3. The lowest BCUT2D eigenvalue weighted by atomic mass is 9.99. The second kappa shape index (κ2) is 5.17. The summed E-state index contributed by atoms with van der Waals surface area (Å²) in [6, 6.07) is 2.39. The lowest BCUT2D eigenvalue weighted by Crippen LogP contribution is -2.40. The molecule has 0 spiro atoms. The van der Waals surface area contributed by atoms with Gasteiger partial charge >= 0.3 is 6.03 Å². The Morgan fingerprint density at radius 1 is 1.31 bits per heavy atom. The van der Waals surface area contributed by atoms with Crippen LogP contribution in [0.2, 0.25) is 0 Å². The van der Waals surface area contributed by atoms with E-state index in [0.717, 1.165) is 52.1 Å². The molecule has 88 valence electrons. The molecule has 1 N–H and O–H groups in total. The van der Waals surface area contributed by atoms with Gasteiger partial charge in [0.25, 0.3) is 0 Å². The second-order valence-corrected chi connectivity index (χ2v) is 4.46. The van der Waals surface area contributed by atoms with E-state index in [1.807, 2.05) is 4.90 Å². The summed E-state index contributed by atoms with van der Waals surface area (Å²) in [6.07, 6.45) is 1.95. The van der Waals surface area contributed by atoms with Crippen LogP contribution in [-0.4, -0.2) is 55.1 Å². The van der Waals surface area contributed by atoms with Crippen LogP contribution in [0.15, 0.2) is 0 Å². The van der Waals surface area contributed by atoms with Gasteiger partial charge in [-0.15, -0.1) is 0 Å². The minimum absolute atomic E-state index is 0.0620. The van der Waals surface area contributed by atoms with E-state index in [2.05, 4.69) is 16.3 Å². The molecule has 2 fully saturated rings. The van der Waals surface area contributed by atoms with E-state index in [1.165, 1.54) is 0 Å². The highest BCUT2D eigenvalue weighted by molar-refractivity contribution is 5.76. The maximum atomic E-state index is 11.3. The number of nitriles is 1. The van der Waals surface area contributed by atoms with Crippen LogP contribution in [0.4, 0.5) is 4.79 Å². The van der Waals surface area contributed by atoms with Gasteiger partial charge in [-0.2, -0.15) is 5.26 Å². The van der Waals surface area contributed by atoms with Crippen molar-refractivity contribution in [3.8, 4) is 6.07 Å². The highest BCUT2D eigenvalue weighted by atomic mass is 16.2. The van der Waals surface area contributed by atoms with Crippen LogP contribution in [-0.2, 0) is 0 Å². The largest absolute Gasteiger partial charge is 0.336 e. The first-order valence-corrected chi connectivity index (χ1v) is 5.94. The summed E-state index contributed by atoms with van der Waals surface area (Å²) in [6.45, 7) is 5.33. The summed E-state index contributed by atoms with van der Waals surface area (Å²) in [7, 11) is 0. The quantitative estimate of drug-likeness (QED) is 0.744. The minimum Gasteiger partial charge on any atom is -0.336 e. The average molecular weight is 222 g/mol. The van der Waals surface area contributed by atoms with Crippen molar-refractivity contribution in [2.24, 2.45) is 5.92 Å². The number of piperidine rings is 1. The van der Waals surface area contributed by atoms with E-state index in [-0.39, 0.29) is 11.9 Å². The number of carbonyl (C=O) groups excluding carboxylic acids is 1. The molecule has 2 amide bonds. The highest BCUT2D eigenvalue weighted by Crippen LogP contribution is 2.15. The Labute approximate surface area is 96.0 Å². The number of hydrogen-bond acceptors (Lipinski definition) is 3. The van der Waals surface area contributed by atoms with Crippen LogP contribution in [0.3, 0.4) is 0 Å².